The van der Waals surface area contributed by atoms with Gasteiger partial charge in [-0.1, -0.05) is 29.3 Å². The zero-order valence-corrected chi connectivity index (χ0v) is 14.7. The van der Waals surface area contributed by atoms with E-state index in [0.29, 0.717) is 38.0 Å². The highest BCUT2D eigenvalue weighted by Crippen LogP contribution is 2.28. The molecule has 0 saturated heterocycles. The molecule has 128 valence electrons. The van der Waals surface area contributed by atoms with Crippen molar-refractivity contribution in [1.29, 1.82) is 0 Å². The van der Waals surface area contributed by atoms with Crippen LogP contribution in [-0.2, 0) is 0 Å². The highest BCUT2D eigenvalue weighted by Gasteiger charge is 2.12. The standard InChI is InChI=1S/C18H11Cl2N5O/c19-10-4-5-14(12(20)9-10)23-18-24-16-15(17(26)25-18)11(6-8-22-16)13-3-1-2-7-21-13/h1-9H,(H2,22,23,24,25,26). The van der Waals surface area contributed by atoms with Gasteiger partial charge in [0.05, 0.1) is 21.8 Å². The third kappa shape index (κ3) is 3.12. The molecule has 0 spiro atoms. The maximum absolute atomic E-state index is 12.7. The van der Waals surface area contributed by atoms with Crippen molar-refractivity contribution < 1.29 is 0 Å². The molecule has 4 aromatic rings. The first-order chi connectivity index (χ1) is 12.6. The molecule has 8 heteroatoms. The fourth-order valence-corrected chi connectivity index (χ4v) is 3.03. The second-order valence-corrected chi connectivity index (χ2v) is 6.28. The fraction of sp³-hybridized carbons (Fsp3) is 0. The summed E-state index contributed by atoms with van der Waals surface area (Å²) in [4.78, 5) is 28.3. The minimum atomic E-state index is -0.323. The first-order valence-corrected chi connectivity index (χ1v) is 8.40. The van der Waals surface area contributed by atoms with Crippen LogP contribution in [0.2, 0.25) is 10.0 Å². The molecule has 4 rings (SSSR count). The van der Waals surface area contributed by atoms with Gasteiger partial charge in [0.25, 0.3) is 5.56 Å². The van der Waals surface area contributed by atoms with Gasteiger partial charge < -0.3 is 5.32 Å². The van der Waals surface area contributed by atoms with Crippen LogP contribution in [0.5, 0.6) is 0 Å². The van der Waals surface area contributed by atoms with Crippen molar-refractivity contribution >= 4 is 45.9 Å². The van der Waals surface area contributed by atoms with E-state index in [2.05, 4.69) is 25.3 Å². The summed E-state index contributed by atoms with van der Waals surface area (Å²) in [5.41, 5.74) is 1.90. The molecular formula is C18H11Cl2N5O. The molecule has 0 bridgehead atoms. The van der Waals surface area contributed by atoms with E-state index < -0.39 is 0 Å². The molecule has 0 unspecified atom stereocenters. The third-order valence-corrected chi connectivity index (χ3v) is 4.28. The van der Waals surface area contributed by atoms with Crippen molar-refractivity contribution in [3.8, 4) is 11.3 Å². The largest absolute Gasteiger partial charge is 0.324 e. The van der Waals surface area contributed by atoms with Gasteiger partial charge in [0.1, 0.15) is 0 Å². The van der Waals surface area contributed by atoms with Crippen LogP contribution in [0.15, 0.2) is 59.7 Å². The first kappa shape index (κ1) is 16.5. The predicted molar refractivity (Wildman–Crippen MR) is 103 cm³/mol. The number of aromatic amines is 1. The summed E-state index contributed by atoms with van der Waals surface area (Å²) in [5.74, 6) is 0.234. The van der Waals surface area contributed by atoms with Crippen molar-refractivity contribution in [3.63, 3.8) is 0 Å². The van der Waals surface area contributed by atoms with E-state index in [4.69, 9.17) is 23.2 Å². The number of halogens is 2. The lowest BCUT2D eigenvalue weighted by atomic mass is 10.1. The van der Waals surface area contributed by atoms with Crippen LogP contribution in [0.25, 0.3) is 22.3 Å². The van der Waals surface area contributed by atoms with Gasteiger partial charge >= 0.3 is 0 Å². The number of pyridine rings is 2. The molecule has 3 heterocycles. The minimum absolute atomic E-state index is 0.234. The van der Waals surface area contributed by atoms with Crippen LogP contribution < -0.4 is 10.9 Å². The normalized spacial score (nSPS) is 10.8. The predicted octanol–water partition coefficient (Wildman–Crippen LogP) is 4.43. The van der Waals surface area contributed by atoms with Gasteiger partial charge in [0, 0.05) is 23.0 Å². The average Bonchev–Trinajstić information content (AvgIpc) is 2.64. The first-order valence-electron chi connectivity index (χ1n) is 7.64. The van der Waals surface area contributed by atoms with Gasteiger partial charge in [-0.15, -0.1) is 0 Å². The zero-order valence-electron chi connectivity index (χ0n) is 13.2. The molecule has 0 aliphatic heterocycles. The van der Waals surface area contributed by atoms with Crippen LogP contribution in [0.1, 0.15) is 0 Å². The molecule has 3 aromatic heterocycles. The summed E-state index contributed by atoms with van der Waals surface area (Å²) in [5, 5.41) is 4.28. The number of fused-ring (bicyclic) bond motifs is 1. The number of anilines is 2. The topological polar surface area (TPSA) is 83.6 Å². The molecule has 0 amide bonds. The summed E-state index contributed by atoms with van der Waals surface area (Å²) in [6, 6.07) is 12.2. The second-order valence-electron chi connectivity index (χ2n) is 5.44. The zero-order chi connectivity index (χ0) is 18.1. The van der Waals surface area contributed by atoms with E-state index in [0.717, 1.165) is 0 Å². The molecule has 0 saturated carbocycles. The lowest BCUT2D eigenvalue weighted by Crippen LogP contribution is -2.13. The maximum atomic E-state index is 12.7. The molecule has 1 aromatic carbocycles. The SMILES string of the molecule is O=c1[nH]c(Nc2ccc(Cl)cc2Cl)nc2nccc(-c3ccccn3)c12. The van der Waals surface area contributed by atoms with Crippen molar-refractivity contribution in [2.75, 3.05) is 5.32 Å². The smallest absolute Gasteiger partial charge is 0.262 e. The van der Waals surface area contributed by atoms with Crippen LogP contribution in [0, 0.1) is 0 Å². The fourth-order valence-electron chi connectivity index (χ4n) is 2.58. The van der Waals surface area contributed by atoms with E-state index in [1.165, 1.54) is 0 Å². The van der Waals surface area contributed by atoms with E-state index in [9.17, 15) is 4.79 Å². The monoisotopic (exact) mass is 383 g/mol. The molecule has 2 N–H and O–H groups in total. The van der Waals surface area contributed by atoms with E-state index >= 15 is 0 Å². The second kappa shape index (κ2) is 6.74. The highest BCUT2D eigenvalue weighted by molar-refractivity contribution is 6.36. The average molecular weight is 384 g/mol. The summed E-state index contributed by atoms with van der Waals surface area (Å²) < 4.78 is 0. The van der Waals surface area contributed by atoms with E-state index in [1.807, 2.05) is 18.2 Å². The Bertz CT molecular complexity index is 1160. The van der Waals surface area contributed by atoms with Gasteiger partial charge in [0.15, 0.2) is 5.65 Å². The number of aromatic nitrogens is 4. The van der Waals surface area contributed by atoms with Crippen molar-refractivity contribution in [2.45, 2.75) is 0 Å². The van der Waals surface area contributed by atoms with Gasteiger partial charge in [0.2, 0.25) is 5.95 Å². The highest BCUT2D eigenvalue weighted by atomic mass is 35.5. The molecule has 0 aliphatic rings. The van der Waals surface area contributed by atoms with Crippen molar-refractivity contribution in [3.05, 3.63) is 75.3 Å². The number of benzene rings is 1. The molecule has 0 radical (unpaired) electrons. The summed E-state index contributed by atoms with van der Waals surface area (Å²) >= 11 is 12.0. The minimum Gasteiger partial charge on any atom is -0.324 e. The lowest BCUT2D eigenvalue weighted by Gasteiger charge is -2.09. The number of H-pyrrole nitrogens is 1. The third-order valence-electron chi connectivity index (χ3n) is 3.73. The Kier molecular flexibility index (Phi) is 4.28. The number of hydrogen-bond donors (Lipinski definition) is 2. The molecular weight excluding hydrogens is 373 g/mol. The molecule has 0 atom stereocenters. The maximum Gasteiger partial charge on any atom is 0.262 e. The molecule has 0 fully saturated rings. The molecule has 0 aliphatic carbocycles. The quantitative estimate of drug-likeness (QED) is 0.546. The summed E-state index contributed by atoms with van der Waals surface area (Å²) in [6.07, 6.45) is 3.26. The summed E-state index contributed by atoms with van der Waals surface area (Å²) in [7, 11) is 0. The number of hydrogen-bond acceptors (Lipinski definition) is 5. The Labute approximate surface area is 157 Å². The van der Waals surface area contributed by atoms with Crippen LogP contribution >= 0.6 is 23.2 Å². The van der Waals surface area contributed by atoms with Gasteiger partial charge in [-0.25, -0.2) is 4.98 Å². The van der Waals surface area contributed by atoms with Crippen LogP contribution in [0.4, 0.5) is 11.6 Å². The number of rotatable bonds is 3. The number of nitrogens with one attached hydrogen (secondary N) is 2. The lowest BCUT2D eigenvalue weighted by molar-refractivity contribution is 1.14. The van der Waals surface area contributed by atoms with Crippen LogP contribution in [0.3, 0.4) is 0 Å². The Morgan fingerprint density at radius 1 is 1.00 bits per heavy atom. The summed E-state index contributed by atoms with van der Waals surface area (Å²) in [6.45, 7) is 0. The molecule has 26 heavy (non-hydrogen) atoms. The van der Waals surface area contributed by atoms with Gasteiger partial charge in [-0.3, -0.25) is 14.8 Å². The Morgan fingerprint density at radius 3 is 2.65 bits per heavy atom. The van der Waals surface area contributed by atoms with Crippen molar-refractivity contribution in [2.24, 2.45) is 0 Å². The Morgan fingerprint density at radius 2 is 1.88 bits per heavy atom. The van der Waals surface area contributed by atoms with Gasteiger partial charge in [-0.05, 0) is 36.4 Å². The van der Waals surface area contributed by atoms with Gasteiger partial charge in [-0.2, -0.15) is 4.98 Å². The number of nitrogens with zero attached hydrogens (tertiary/aromatic N) is 3. The van der Waals surface area contributed by atoms with E-state index in [-0.39, 0.29) is 11.5 Å². The van der Waals surface area contributed by atoms with Crippen molar-refractivity contribution in [1.82, 2.24) is 19.9 Å². The van der Waals surface area contributed by atoms with E-state index in [1.54, 1.807) is 36.7 Å². The Balaban J connectivity index is 1.82. The molecule has 6 nitrogen and oxygen atoms in total. The van der Waals surface area contributed by atoms with Crippen LogP contribution in [-0.4, -0.2) is 19.9 Å². The Hall–Kier alpha value is -2.96.